The van der Waals surface area contributed by atoms with E-state index in [1.807, 2.05) is 0 Å². The quantitative estimate of drug-likeness (QED) is 0.356. The molecule has 0 spiro atoms. The zero-order chi connectivity index (χ0) is 7.82. The van der Waals surface area contributed by atoms with Gasteiger partial charge in [-0.25, -0.2) is 0 Å². The summed E-state index contributed by atoms with van der Waals surface area (Å²) in [5.74, 6) is 6.04. The highest BCUT2D eigenvalue weighted by molar-refractivity contribution is 6.17. The molecule has 62 valence electrons. The number of hydrazine groups is 1. The molecule has 0 radical (unpaired) electrons. The summed E-state index contributed by atoms with van der Waals surface area (Å²) in [6.45, 7) is 2.16. The Morgan fingerprint density at radius 1 is 1.50 bits per heavy atom. The molecule has 0 saturated carbocycles. The number of nitrogens with two attached hydrogens (primary N) is 1. The summed E-state index contributed by atoms with van der Waals surface area (Å²) in [7, 11) is 0. The van der Waals surface area contributed by atoms with Crippen molar-refractivity contribution in [1.82, 2.24) is 5.43 Å². The van der Waals surface area contributed by atoms with Gasteiger partial charge in [0.05, 0.1) is 0 Å². The van der Waals surface area contributed by atoms with Crippen molar-refractivity contribution in [2.24, 2.45) is 5.84 Å². The van der Waals surface area contributed by atoms with E-state index >= 15 is 0 Å². The van der Waals surface area contributed by atoms with E-state index in [4.69, 9.17) is 17.4 Å². The van der Waals surface area contributed by atoms with E-state index in [1.165, 1.54) is 6.42 Å². The molecule has 0 rings (SSSR count). The Bertz CT molecular complexity index is 68.6. The molecule has 0 aliphatic carbocycles. The van der Waals surface area contributed by atoms with Crippen molar-refractivity contribution < 1.29 is 0 Å². The lowest BCUT2D eigenvalue weighted by Gasteiger charge is -2.12. The predicted octanol–water partition coefficient (Wildman–Crippen LogP) is 1.64. The molecular formula is C7H17ClN2. The molecular weight excluding hydrogens is 148 g/mol. The van der Waals surface area contributed by atoms with Crippen LogP contribution in [-0.4, -0.2) is 11.9 Å². The summed E-state index contributed by atoms with van der Waals surface area (Å²) in [5.41, 5.74) is 2.78. The average Bonchev–Trinajstić information content (AvgIpc) is 1.98. The van der Waals surface area contributed by atoms with Crippen molar-refractivity contribution in [2.45, 2.75) is 38.6 Å². The second-order valence-corrected chi connectivity index (χ2v) is 2.86. The number of halogens is 1. The van der Waals surface area contributed by atoms with Gasteiger partial charge in [0.2, 0.25) is 0 Å². The fourth-order valence-electron chi connectivity index (χ4n) is 0.983. The minimum absolute atomic E-state index is 0.462. The van der Waals surface area contributed by atoms with Crippen LogP contribution in [-0.2, 0) is 0 Å². The van der Waals surface area contributed by atoms with Crippen molar-refractivity contribution >= 4 is 11.6 Å². The molecule has 3 heteroatoms. The second-order valence-electron chi connectivity index (χ2n) is 2.48. The average molecular weight is 165 g/mol. The smallest absolute Gasteiger partial charge is 0.0224 e. The number of nitrogens with one attached hydrogen (secondary N) is 1. The summed E-state index contributed by atoms with van der Waals surface area (Å²) >= 11 is 5.53. The Morgan fingerprint density at radius 2 is 2.20 bits per heavy atom. The van der Waals surface area contributed by atoms with E-state index in [-0.39, 0.29) is 0 Å². The van der Waals surface area contributed by atoms with Gasteiger partial charge in [-0.1, -0.05) is 13.3 Å². The summed E-state index contributed by atoms with van der Waals surface area (Å²) < 4.78 is 0. The van der Waals surface area contributed by atoms with Gasteiger partial charge in [-0.05, 0) is 19.3 Å². The Morgan fingerprint density at radius 3 is 2.60 bits per heavy atom. The van der Waals surface area contributed by atoms with Gasteiger partial charge in [0, 0.05) is 11.9 Å². The third-order valence-corrected chi connectivity index (χ3v) is 1.83. The summed E-state index contributed by atoms with van der Waals surface area (Å²) in [5, 5.41) is 0. The maximum atomic E-state index is 5.53. The van der Waals surface area contributed by atoms with Gasteiger partial charge in [-0.2, -0.15) is 0 Å². The zero-order valence-corrected chi connectivity index (χ0v) is 7.32. The molecule has 0 aromatic heterocycles. The van der Waals surface area contributed by atoms with Gasteiger partial charge in [0.15, 0.2) is 0 Å². The summed E-state index contributed by atoms with van der Waals surface area (Å²) in [4.78, 5) is 0. The number of alkyl halides is 1. The largest absolute Gasteiger partial charge is 0.271 e. The minimum Gasteiger partial charge on any atom is -0.271 e. The lowest BCUT2D eigenvalue weighted by atomic mass is 10.1. The van der Waals surface area contributed by atoms with Crippen LogP contribution in [0.25, 0.3) is 0 Å². The Hall–Kier alpha value is 0.210. The highest BCUT2D eigenvalue weighted by Crippen LogP contribution is 2.03. The molecule has 1 unspecified atom stereocenters. The number of rotatable bonds is 6. The highest BCUT2D eigenvalue weighted by Gasteiger charge is 2.02. The van der Waals surface area contributed by atoms with E-state index in [0.717, 1.165) is 25.1 Å². The minimum atomic E-state index is 0.462. The first kappa shape index (κ1) is 10.2. The molecule has 0 aliphatic rings. The third kappa shape index (κ3) is 5.03. The topological polar surface area (TPSA) is 38.0 Å². The Kier molecular flexibility index (Phi) is 7.47. The fourth-order valence-corrected chi connectivity index (χ4v) is 1.14. The molecule has 3 N–H and O–H groups in total. The molecule has 1 atom stereocenters. The molecule has 10 heavy (non-hydrogen) atoms. The Labute approximate surface area is 68.1 Å². The molecule has 2 nitrogen and oxygen atoms in total. The van der Waals surface area contributed by atoms with Crippen LogP contribution < -0.4 is 11.3 Å². The number of hydrogen-bond donors (Lipinski definition) is 2. The molecule has 0 aliphatic heterocycles. The van der Waals surface area contributed by atoms with Crippen LogP contribution in [0.3, 0.4) is 0 Å². The van der Waals surface area contributed by atoms with E-state index in [1.54, 1.807) is 0 Å². The van der Waals surface area contributed by atoms with E-state index < -0.39 is 0 Å². The maximum absolute atomic E-state index is 5.53. The predicted molar refractivity (Wildman–Crippen MR) is 46.0 cm³/mol. The van der Waals surface area contributed by atoms with Crippen molar-refractivity contribution in [3.8, 4) is 0 Å². The molecule has 0 aromatic carbocycles. The highest BCUT2D eigenvalue weighted by atomic mass is 35.5. The van der Waals surface area contributed by atoms with Gasteiger partial charge in [-0.15, -0.1) is 11.6 Å². The second kappa shape index (κ2) is 7.32. The summed E-state index contributed by atoms with van der Waals surface area (Å²) in [6, 6.07) is 0.462. The van der Waals surface area contributed by atoms with Crippen molar-refractivity contribution in [2.75, 3.05) is 5.88 Å². The van der Waals surface area contributed by atoms with Crippen LogP contribution in [0, 0.1) is 0 Å². The van der Waals surface area contributed by atoms with Gasteiger partial charge in [0.25, 0.3) is 0 Å². The van der Waals surface area contributed by atoms with Crippen molar-refractivity contribution in [1.29, 1.82) is 0 Å². The van der Waals surface area contributed by atoms with Gasteiger partial charge < -0.3 is 0 Å². The van der Waals surface area contributed by atoms with Crippen molar-refractivity contribution in [3.05, 3.63) is 0 Å². The molecule has 0 saturated heterocycles. The van der Waals surface area contributed by atoms with Crippen molar-refractivity contribution in [3.63, 3.8) is 0 Å². The normalized spacial score (nSPS) is 13.5. The molecule has 0 fully saturated rings. The molecule has 0 aromatic rings. The van der Waals surface area contributed by atoms with E-state index in [9.17, 15) is 0 Å². The van der Waals surface area contributed by atoms with Crippen LogP contribution in [0.4, 0.5) is 0 Å². The molecule has 0 amide bonds. The first-order valence-electron chi connectivity index (χ1n) is 3.87. The third-order valence-electron chi connectivity index (χ3n) is 1.56. The van der Waals surface area contributed by atoms with Gasteiger partial charge >= 0.3 is 0 Å². The van der Waals surface area contributed by atoms with E-state index in [2.05, 4.69) is 12.3 Å². The van der Waals surface area contributed by atoms with Crippen LogP contribution >= 0.6 is 11.6 Å². The van der Waals surface area contributed by atoms with Crippen LogP contribution in [0.1, 0.15) is 32.6 Å². The SMILES string of the molecule is CCCC(CCCCl)NN. The van der Waals surface area contributed by atoms with Gasteiger partial charge in [0.1, 0.15) is 0 Å². The van der Waals surface area contributed by atoms with Crippen LogP contribution in [0.15, 0.2) is 0 Å². The first-order valence-corrected chi connectivity index (χ1v) is 4.40. The monoisotopic (exact) mass is 164 g/mol. The van der Waals surface area contributed by atoms with Crippen LogP contribution in [0.5, 0.6) is 0 Å². The maximum Gasteiger partial charge on any atom is 0.0224 e. The standard InChI is InChI=1S/C7H17ClN2/c1-2-4-7(10-9)5-3-6-8/h7,10H,2-6,9H2,1H3. The number of hydrogen-bond acceptors (Lipinski definition) is 2. The molecule has 0 heterocycles. The summed E-state index contributed by atoms with van der Waals surface area (Å²) in [6.07, 6.45) is 4.47. The van der Waals surface area contributed by atoms with Crippen LogP contribution in [0.2, 0.25) is 0 Å². The van der Waals surface area contributed by atoms with E-state index in [0.29, 0.717) is 6.04 Å². The van der Waals surface area contributed by atoms with Gasteiger partial charge in [-0.3, -0.25) is 11.3 Å². The lowest BCUT2D eigenvalue weighted by molar-refractivity contribution is 0.456. The molecule has 0 bridgehead atoms. The Balaban J connectivity index is 3.21. The lowest BCUT2D eigenvalue weighted by Crippen LogP contribution is -2.34. The fraction of sp³-hybridized carbons (Fsp3) is 1.00. The zero-order valence-electron chi connectivity index (χ0n) is 6.57. The first-order chi connectivity index (χ1) is 4.85.